The maximum Gasteiger partial charge on any atom is 0.340 e. The molecular formula is C10H9BrClF2NO2. The van der Waals surface area contributed by atoms with Crippen molar-refractivity contribution in [3.05, 3.63) is 27.5 Å². The molecule has 17 heavy (non-hydrogen) atoms. The van der Waals surface area contributed by atoms with Gasteiger partial charge in [0, 0.05) is 0 Å². The van der Waals surface area contributed by atoms with Gasteiger partial charge >= 0.3 is 5.97 Å². The number of pyridine rings is 1. The second-order valence-corrected chi connectivity index (χ2v) is 4.04. The van der Waals surface area contributed by atoms with Gasteiger partial charge in [0.1, 0.15) is 4.60 Å². The molecule has 0 atom stereocenters. The average Bonchev–Trinajstić information content (AvgIpc) is 2.28. The molecule has 0 unspecified atom stereocenters. The molecule has 94 valence electrons. The SMILES string of the molecule is CCOC(=O)c1cc(C(F)F)c(Br)nc1CCl. The smallest absolute Gasteiger partial charge is 0.340 e. The third-order valence-electron chi connectivity index (χ3n) is 1.94. The van der Waals surface area contributed by atoms with E-state index >= 15 is 0 Å². The molecule has 0 N–H and O–H groups in total. The molecule has 3 nitrogen and oxygen atoms in total. The summed E-state index contributed by atoms with van der Waals surface area (Å²) >= 11 is 8.51. The highest BCUT2D eigenvalue weighted by molar-refractivity contribution is 9.10. The van der Waals surface area contributed by atoms with E-state index in [0.717, 1.165) is 6.07 Å². The summed E-state index contributed by atoms with van der Waals surface area (Å²) in [5, 5.41) is 0. The number of esters is 1. The second-order valence-electron chi connectivity index (χ2n) is 3.02. The summed E-state index contributed by atoms with van der Waals surface area (Å²) in [6, 6.07) is 1.05. The first-order valence-corrected chi connectivity index (χ1v) is 6.04. The molecule has 0 amide bonds. The number of hydrogen-bond donors (Lipinski definition) is 0. The van der Waals surface area contributed by atoms with Crippen LogP contribution in [0.1, 0.15) is 35.0 Å². The fourth-order valence-electron chi connectivity index (χ4n) is 1.18. The molecule has 0 saturated carbocycles. The predicted octanol–water partition coefficient (Wildman–Crippen LogP) is 3.70. The van der Waals surface area contributed by atoms with Crippen LogP contribution in [0, 0.1) is 0 Å². The molecule has 0 spiro atoms. The van der Waals surface area contributed by atoms with Crippen LogP contribution >= 0.6 is 27.5 Å². The van der Waals surface area contributed by atoms with E-state index in [9.17, 15) is 13.6 Å². The molecule has 1 aromatic heterocycles. The van der Waals surface area contributed by atoms with Crippen LogP contribution in [-0.2, 0) is 10.6 Å². The lowest BCUT2D eigenvalue weighted by Gasteiger charge is -2.10. The van der Waals surface area contributed by atoms with Crippen molar-refractivity contribution in [2.45, 2.75) is 19.2 Å². The van der Waals surface area contributed by atoms with Gasteiger partial charge in [-0.15, -0.1) is 11.6 Å². The van der Waals surface area contributed by atoms with Gasteiger partial charge in [-0.2, -0.15) is 0 Å². The molecule has 0 aliphatic carbocycles. The Hall–Kier alpha value is -0.750. The Morgan fingerprint density at radius 2 is 2.29 bits per heavy atom. The van der Waals surface area contributed by atoms with Gasteiger partial charge in [-0.3, -0.25) is 0 Å². The van der Waals surface area contributed by atoms with Crippen molar-refractivity contribution in [1.82, 2.24) is 4.98 Å². The Balaban J connectivity index is 3.26. The molecule has 0 aliphatic rings. The number of carbonyl (C=O) groups is 1. The fourth-order valence-corrected chi connectivity index (χ4v) is 1.89. The van der Waals surface area contributed by atoms with Gasteiger partial charge < -0.3 is 4.74 Å². The number of rotatable bonds is 4. The van der Waals surface area contributed by atoms with Gasteiger partial charge in [-0.25, -0.2) is 18.6 Å². The van der Waals surface area contributed by atoms with Crippen LogP contribution in [0.4, 0.5) is 8.78 Å². The highest BCUT2D eigenvalue weighted by atomic mass is 79.9. The van der Waals surface area contributed by atoms with E-state index in [1.807, 2.05) is 0 Å². The summed E-state index contributed by atoms with van der Waals surface area (Å²) in [5.74, 6) is -0.763. The number of ether oxygens (including phenoxy) is 1. The standard InChI is InChI=1S/C10H9BrClF2NO2/c1-2-17-10(16)5-3-6(9(13)14)8(11)15-7(5)4-12/h3,9H,2,4H2,1H3. The third-order valence-corrected chi connectivity index (χ3v) is 2.83. The van der Waals surface area contributed by atoms with Gasteiger partial charge in [0.15, 0.2) is 0 Å². The quantitative estimate of drug-likeness (QED) is 0.481. The van der Waals surface area contributed by atoms with Crippen molar-refractivity contribution in [2.75, 3.05) is 6.61 Å². The highest BCUT2D eigenvalue weighted by Crippen LogP contribution is 2.28. The molecule has 0 aliphatic heterocycles. The lowest BCUT2D eigenvalue weighted by molar-refractivity contribution is 0.0524. The van der Waals surface area contributed by atoms with E-state index in [2.05, 4.69) is 20.9 Å². The van der Waals surface area contributed by atoms with Crippen molar-refractivity contribution in [1.29, 1.82) is 0 Å². The summed E-state index contributed by atoms with van der Waals surface area (Å²) in [4.78, 5) is 15.3. The number of alkyl halides is 3. The molecule has 0 saturated heterocycles. The summed E-state index contributed by atoms with van der Waals surface area (Å²) in [6.07, 6.45) is -2.73. The minimum absolute atomic E-state index is 0.0174. The van der Waals surface area contributed by atoms with Crippen LogP contribution in [0.3, 0.4) is 0 Å². The zero-order valence-electron chi connectivity index (χ0n) is 8.84. The number of carbonyl (C=O) groups excluding carboxylic acids is 1. The molecule has 1 aromatic rings. The fraction of sp³-hybridized carbons (Fsp3) is 0.400. The molecule has 0 radical (unpaired) electrons. The molecule has 7 heteroatoms. The lowest BCUT2D eigenvalue weighted by atomic mass is 10.1. The van der Waals surface area contributed by atoms with Crippen molar-refractivity contribution < 1.29 is 18.3 Å². The lowest BCUT2D eigenvalue weighted by Crippen LogP contribution is -2.10. The number of nitrogens with zero attached hydrogens (tertiary/aromatic N) is 1. The van der Waals surface area contributed by atoms with Crippen LogP contribution in [-0.4, -0.2) is 17.6 Å². The van der Waals surface area contributed by atoms with E-state index < -0.39 is 12.4 Å². The minimum Gasteiger partial charge on any atom is -0.462 e. The van der Waals surface area contributed by atoms with Gasteiger partial charge in [-0.1, -0.05) is 0 Å². The van der Waals surface area contributed by atoms with Crippen molar-refractivity contribution in [2.24, 2.45) is 0 Å². The van der Waals surface area contributed by atoms with Crippen molar-refractivity contribution >= 4 is 33.5 Å². The minimum atomic E-state index is -2.73. The van der Waals surface area contributed by atoms with E-state index in [0.29, 0.717) is 0 Å². The Morgan fingerprint density at radius 1 is 1.65 bits per heavy atom. The number of hydrogen-bond acceptors (Lipinski definition) is 3. The molecule has 1 rings (SSSR count). The Bertz CT molecular complexity index is 429. The normalized spacial score (nSPS) is 10.7. The summed E-state index contributed by atoms with van der Waals surface area (Å²) in [5.41, 5.74) is -0.177. The van der Waals surface area contributed by atoms with Crippen LogP contribution in [0.25, 0.3) is 0 Å². The second kappa shape index (κ2) is 6.26. The predicted molar refractivity (Wildman–Crippen MR) is 62.4 cm³/mol. The first-order chi connectivity index (χ1) is 8.01. The Kier molecular flexibility index (Phi) is 5.27. The highest BCUT2D eigenvalue weighted by Gasteiger charge is 2.21. The van der Waals surface area contributed by atoms with Crippen LogP contribution < -0.4 is 0 Å². The maximum atomic E-state index is 12.6. The van der Waals surface area contributed by atoms with E-state index in [1.165, 1.54) is 0 Å². The molecule has 0 fully saturated rings. The van der Waals surface area contributed by atoms with Crippen LogP contribution in [0.5, 0.6) is 0 Å². The van der Waals surface area contributed by atoms with Gasteiger partial charge in [-0.05, 0) is 28.9 Å². The molecular weight excluding hydrogens is 319 g/mol. The van der Waals surface area contributed by atoms with Crippen molar-refractivity contribution in [3.8, 4) is 0 Å². The zero-order chi connectivity index (χ0) is 13.0. The largest absolute Gasteiger partial charge is 0.462 e. The Morgan fingerprint density at radius 3 is 2.76 bits per heavy atom. The van der Waals surface area contributed by atoms with Crippen molar-refractivity contribution in [3.63, 3.8) is 0 Å². The van der Waals surface area contributed by atoms with Crippen LogP contribution in [0.15, 0.2) is 10.7 Å². The topological polar surface area (TPSA) is 39.2 Å². The number of aromatic nitrogens is 1. The monoisotopic (exact) mass is 327 g/mol. The van der Waals surface area contributed by atoms with Gasteiger partial charge in [0.05, 0.1) is 29.3 Å². The summed E-state index contributed by atoms with van der Waals surface area (Å²) < 4.78 is 30.0. The van der Waals surface area contributed by atoms with E-state index in [-0.39, 0.29) is 33.9 Å². The summed E-state index contributed by atoms with van der Waals surface area (Å²) in [6.45, 7) is 1.78. The zero-order valence-corrected chi connectivity index (χ0v) is 11.2. The van der Waals surface area contributed by atoms with Crippen LogP contribution in [0.2, 0.25) is 0 Å². The third kappa shape index (κ3) is 3.35. The summed E-state index contributed by atoms with van der Waals surface area (Å²) in [7, 11) is 0. The molecule has 0 bridgehead atoms. The van der Waals surface area contributed by atoms with E-state index in [4.69, 9.17) is 16.3 Å². The van der Waals surface area contributed by atoms with E-state index in [1.54, 1.807) is 6.92 Å². The first-order valence-electron chi connectivity index (χ1n) is 4.71. The first kappa shape index (κ1) is 14.3. The maximum absolute atomic E-state index is 12.6. The van der Waals surface area contributed by atoms with Gasteiger partial charge in [0.25, 0.3) is 6.43 Å². The Labute approximate surface area is 110 Å². The average molecular weight is 329 g/mol. The number of halogens is 4. The molecule has 0 aromatic carbocycles. The van der Waals surface area contributed by atoms with Gasteiger partial charge in [0.2, 0.25) is 0 Å². The molecule has 1 heterocycles.